The molecule has 0 saturated heterocycles. The second-order valence-electron chi connectivity index (χ2n) is 12.7. The van der Waals surface area contributed by atoms with Gasteiger partial charge in [0.25, 0.3) is 0 Å². The number of hydrogen-bond donors (Lipinski definition) is 0. The van der Waals surface area contributed by atoms with Gasteiger partial charge in [-0.1, -0.05) is 125 Å². The van der Waals surface area contributed by atoms with E-state index < -0.39 is 33.6 Å². The molecule has 0 aliphatic heterocycles. The third-order valence-corrected chi connectivity index (χ3v) is 0. The Morgan fingerprint density at radius 1 is 0.219 bits per heavy atom. The van der Waals surface area contributed by atoms with Crippen LogP contribution in [0.4, 0.5) is 0 Å². The molecule has 0 N–H and O–H groups in total. The molecule has 0 atom stereocenters. The van der Waals surface area contributed by atoms with E-state index in [-0.39, 0.29) is 34.1 Å². The van der Waals surface area contributed by atoms with Crippen LogP contribution >= 0.6 is 0 Å². The van der Waals surface area contributed by atoms with E-state index in [4.69, 9.17) is 0 Å². The molecule has 0 aromatic rings. The molecular formula is C24H54Fe2O6. The molecular weight excluding hydrogens is 496 g/mol. The Labute approximate surface area is 222 Å². The Morgan fingerprint density at radius 2 is 0.219 bits per heavy atom. The van der Waals surface area contributed by atoms with Gasteiger partial charge >= 0.3 is 34.1 Å². The summed E-state index contributed by atoms with van der Waals surface area (Å²) in [6, 6.07) is 0. The minimum Gasteiger partial charge on any atom is -0.850 e. The Kier molecular flexibility index (Phi) is 37.5. The van der Waals surface area contributed by atoms with Crippen LogP contribution in [0.25, 0.3) is 0 Å². The molecule has 0 bridgehead atoms. The molecule has 0 amide bonds. The Balaban J connectivity index is -0.0000000356. The van der Waals surface area contributed by atoms with Crippen molar-refractivity contribution in [2.45, 2.75) is 158 Å². The molecule has 2 radical (unpaired) electrons. The van der Waals surface area contributed by atoms with Crippen molar-refractivity contribution < 1.29 is 64.8 Å². The van der Waals surface area contributed by atoms with Crippen molar-refractivity contribution >= 4 is 0 Å². The van der Waals surface area contributed by atoms with Crippen LogP contribution in [0.15, 0.2) is 0 Å². The first-order valence-electron chi connectivity index (χ1n) is 10.2. The molecule has 202 valence electrons. The van der Waals surface area contributed by atoms with Crippen LogP contribution in [-0.2, 0) is 34.1 Å². The van der Waals surface area contributed by atoms with Crippen molar-refractivity contribution in [2.75, 3.05) is 0 Å². The second-order valence-corrected chi connectivity index (χ2v) is 12.7. The fourth-order valence-electron chi connectivity index (χ4n) is 0. The van der Waals surface area contributed by atoms with Crippen molar-refractivity contribution in [1.82, 2.24) is 0 Å². The average Bonchev–Trinajstić information content (AvgIpc) is 1.94. The molecule has 0 saturated carbocycles. The van der Waals surface area contributed by atoms with Gasteiger partial charge in [-0.15, -0.1) is 33.6 Å². The molecule has 0 aliphatic rings. The Morgan fingerprint density at radius 3 is 0.219 bits per heavy atom. The van der Waals surface area contributed by atoms with Gasteiger partial charge < -0.3 is 30.6 Å². The molecule has 6 nitrogen and oxygen atoms in total. The summed E-state index contributed by atoms with van der Waals surface area (Å²) in [7, 11) is 0. The van der Waals surface area contributed by atoms with Crippen molar-refractivity contribution in [1.29, 1.82) is 0 Å². The van der Waals surface area contributed by atoms with Gasteiger partial charge in [0, 0.05) is 0 Å². The Hall–Kier alpha value is 0.799. The predicted octanol–water partition coefficient (Wildman–Crippen LogP) is 0.866. The van der Waals surface area contributed by atoms with Crippen molar-refractivity contribution in [3.05, 3.63) is 0 Å². The summed E-state index contributed by atoms with van der Waals surface area (Å²) >= 11 is 0. The van der Waals surface area contributed by atoms with E-state index in [0.29, 0.717) is 0 Å². The zero-order chi connectivity index (χ0) is 27.0. The quantitative estimate of drug-likeness (QED) is 0.411. The van der Waals surface area contributed by atoms with E-state index in [2.05, 4.69) is 0 Å². The van der Waals surface area contributed by atoms with Gasteiger partial charge in [-0.05, 0) is 0 Å². The SMILES string of the molecule is CC(C)(C)[O-].CC(C)(C)[O-].CC(C)(C)[O-].CC(C)(C)[O-].CC(C)(C)[O-].CC(C)(C)[O-].[Fe+3].[Fe+3]. The maximum absolute atomic E-state index is 10.1. The molecule has 32 heavy (non-hydrogen) atoms. The zero-order valence-corrected chi connectivity index (χ0v) is 26.4. The van der Waals surface area contributed by atoms with Gasteiger partial charge in [-0.25, -0.2) is 0 Å². The van der Waals surface area contributed by atoms with Gasteiger partial charge in [0.05, 0.1) is 0 Å². The third kappa shape index (κ3) is 42800. The van der Waals surface area contributed by atoms with Crippen LogP contribution in [0, 0.1) is 0 Å². The standard InChI is InChI=1S/6C4H9O.2Fe/c6*1-4(2,3)5;;/h6*1-3H3;;/q6*-1;2*+3. The van der Waals surface area contributed by atoms with Crippen LogP contribution in [0.1, 0.15) is 125 Å². The normalized spacial score (nSPS) is 11.2. The summed E-state index contributed by atoms with van der Waals surface area (Å²) in [5.74, 6) is 0. The molecule has 0 heterocycles. The van der Waals surface area contributed by atoms with E-state index in [0.717, 1.165) is 0 Å². The second kappa shape index (κ2) is 22.3. The largest absolute Gasteiger partial charge is 3.00 e. The molecule has 8 heteroatoms. The van der Waals surface area contributed by atoms with Gasteiger partial charge in [-0.3, -0.25) is 0 Å². The van der Waals surface area contributed by atoms with Gasteiger partial charge in [0.15, 0.2) is 0 Å². The van der Waals surface area contributed by atoms with Gasteiger partial charge in [0.1, 0.15) is 0 Å². The maximum atomic E-state index is 10.1. The number of hydrogen-bond acceptors (Lipinski definition) is 6. The average molecular weight is 550 g/mol. The van der Waals surface area contributed by atoms with Crippen LogP contribution < -0.4 is 30.6 Å². The summed E-state index contributed by atoms with van der Waals surface area (Å²) in [5, 5.41) is 60.6. The summed E-state index contributed by atoms with van der Waals surface area (Å²) in [5.41, 5.74) is -4.50. The topological polar surface area (TPSA) is 138 Å². The molecule has 0 aromatic heterocycles. The van der Waals surface area contributed by atoms with E-state index >= 15 is 0 Å². The van der Waals surface area contributed by atoms with Crippen molar-refractivity contribution in [2.24, 2.45) is 0 Å². The summed E-state index contributed by atoms with van der Waals surface area (Å²) < 4.78 is 0. The minimum absolute atomic E-state index is 0. The van der Waals surface area contributed by atoms with E-state index in [1.54, 1.807) is 125 Å². The van der Waals surface area contributed by atoms with E-state index in [1.165, 1.54) is 0 Å². The zero-order valence-electron chi connectivity index (χ0n) is 24.2. The maximum Gasteiger partial charge on any atom is 3.00 e. The first-order valence-corrected chi connectivity index (χ1v) is 10.2. The fourth-order valence-corrected chi connectivity index (χ4v) is 0. The smallest absolute Gasteiger partial charge is 0.850 e. The van der Waals surface area contributed by atoms with Crippen LogP contribution in [0.2, 0.25) is 0 Å². The van der Waals surface area contributed by atoms with Gasteiger partial charge in [0.2, 0.25) is 0 Å². The number of rotatable bonds is 0. The summed E-state index contributed by atoms with van der Waals surface area (Å²) in [6.07, 6.45) is 0. The predicted molar refractivity (Wildman–Crippen MR) is 119 cm³/mol. The molecule has 0 rings (SSSR count). The fraction of sp³-hybridized carbons (Fsp3) is 1.00. The van der Waals surface area contributed by atoms with E-state index in [1.807, 2.05) is 0 Å². The molecule has 0 aromatic carbocycles. The molecule has 0 aliphatic carbocycles. The van der Waals surface area contributed by atoms with E-state index in [9.17, 15) is 30.6 Å². The third-order valence-electron chi connectivity index (χ3n) is 0. The van der Waals surface area contributed by atoms with Crippen molar-refractivity contribution in [3.8, 4) is 0 Å². The first kappa shape index (κ1) is 53.9. The van der Waals surface area contributed by atoms with Crippen molar-refractivity contribution in [3.63, 3.8) is 0 Å². The summed E-state index contributed by atoms with van der Waals surface area (Å²) in [4.78, 5) is 0. The monoisotopic (exact) mass is 550 g/mol. The van der Waals surface area contributed by atoms with Crippen LogP contribution in [0.3, 0.4) is 0 Å². The van der Waals surface area contributed by atoms with Gasteiger partial charge in [-0.2, -0.15) is 0 Å². The molecule has 0 spiro atoms. The molecule has 0 unspecified atom stereocenters. The minimum atomic E-state index is -0.750. The summed E-state index contributed by atoms with van der Waals surface area (Å²) in [6.45, 7) is 29.4. The van der Waals surface area contributed by atoms with Crippen LogP contribution in [0.5, 0.6) is 0 Å². The first-order chi connectivity index (χ1) is 12.0. The Bertz CT molecular complexity index is 219. The molecule has 0 fully saturated rings. The van der Waals surface area contributed by atoms with Crippen LogP contribution in [-0.4, -0.2) is 33.6 Å².